The molecule has 0 radical (unpaired) electrons. The van der Waals surface area contributed by atoms with E-state index in [1.165, 1.54) is 43.5 Å². The van der Waals surface area contributed by atoms with Gasteiger partial charge in [0.15, 0.2) is 11.6 Å². The summed E-state index contributed by atoms with van der Waals surface area (Å²) in [6.45, 7) is 0. The first-order valence-corrected chi connectivity index (χ1v) is 9.09. The van der Waals surface area contributed by atoms with Crippen molar-refractivity contribution in [3.05, 3.63) is 95.6 Å². The Kier molecular flexibility index (Phi) is 6.75. The third kappa shape index (κ3) is 5.41. The van der Waals surface area contributed by atoms with E-state index in [-0.39, 0.29) is 12.2 Å². The van der Waals surface area contributed by atoms with E-state index in [1.807, 2.05) is 0 Å². The molecule has 0 fully saturated rings. The lowest BCUT2D eigenvalue weighted by molar-refractivity contribution is -0.154. The maximum absolute atomic E-state index is 13.9. The van der Waals surface area contributed by atoms with Crippen LogP contribution in [0.3, 0.4) is 0 Å². The van der Waals surface area contributed by atoms with Crippen molar-refractivity contribution in [3.8, 4) is 5.75 Å². The summed E-state index contributed by atoms with van der Waals surface area (Å²) in [5.41, 5.74) is 1.20. The number of carbonyl (C=O) groups excluding carboxylic acids is 2. The average molecular weight is 411 g/mol. The fourth-order valence-electron chi connectivity index (χ4n) is 2.80. The van der Waals surface area contributed by atoms with Gasteiger partial charge >= 0.3 is 5.97 Å². The molecule has 154 valence electrons. The lowest BCUT2D eigenvalue weighted by atomic mass is 10.1. The van der Waals surface area contributed by atoms with Crippen molar-refractivity contribution < 1.29 is 27.8 Å². The maximum Gasteiger partial charge on any atom is 0.311 e. The molecular weight excluding hydrogens is 392 g/mol. The number of halogens is 2. The smallest absolute Gasteiger partial charge is 0.311 e. The highest BCUT2D eigenvalue weighted by Gasteiger charge is 2.25. The van der Waals surface area contributed by atoms with Gasteiger partial charge in [-0.3, -0.25) is 9.59 Å². The number of nitrogens with one attached hydrogen (secondary N) is 1. The minimum absolute atomic E-state index is 0.0629. The number of esters is 1. The molecule has 1 atom stereocenters. The fraction of sp³-hybridized carbons (Fsp3) is 0.130. The molecule has 3 rings (SSSR count). The van der Waals surface area contributed by atoms with E-state index in [0.29, 0.717) is 16.8 Å². The highest BCUT2D eigenvalue weighted by atomic mass is 19.1. The van der Waals surface area contributed by atoms with Crippen LogP contribution in [0, 0.1) is 11.6 Å². The number of methoxy groups -OCH3 is 1. The molecule has 0 bridgehead atoms. The van der Waals surface area contributed by atoms with Crippen LogP contribution in [0.5, 0.6) is 5.75 Å². The summed E-state index contributed by atoms with van der Waals surface area (Å²) in [6.07, 6.45) is -1.46. The number of anilines is 1. The van der Waals surface area contributed by atoms with E-state index in [2.05, 4.69) is 5.32 Å². The van der Waals surface area contributed by atoms with E-state index in [4.69, 9.17) is 9.47 Å². The predicted molar refractivity (Wildman–Crippen MR) is 107 cm³/mol. The van der Waals surface area contributed by atoms with Gasteiger partial charge in [0, 0.05) is 11.3 Å². The molecule has 1 amide bonds. The van der Waals surface area contributed by atoms with Crippen LogP contribution in [0.25, 0.3) is 0 Å². The zero-order chi connectivity index (χ0) is 21.5. The van der Waals surface area contributed by atoms with Gasteiger partial charge in [-0.2, -0.15) is 0 Å². The minimum Gasteiger partial charge on any atom is -0.494 e. The van der Waals surface area contributed by atoms with Gasteiger partial charge in [-0.15, -0.1) is 0 Å². The molecule has 3 aromatic carbocycles. The summed E-state index contributed by atoms with van der Waals surface area (Å²) in [6, 6.07) is 17.8. The number of carbonyl (C=O) groups is 2. The molecule has 0 spiro atoms. The molecule has 0 heterocycles. The monoisotopic (exact) mass is 411 g/mol. The number of ether oxygens (including phenoxy) is 2. The van der Waals surface area contributed by atoms with Crippen molar-refractivity contribution in [3.63, 3.8) is 0 Å². The number of hydrogen-bond acceptors (Lipinski definition) is 4. The number of benzene rings is 3. The second kappa shape index (κ2) is 9.65. The third-order valence-corrected chi connectivity index (χ3v) is 4.27. The molecule has 0 aromatic heterocycles. The Balaban J connectivity index is 1.75. The van der Waals surface area contributed by atoms with Gasteiger partial charge in [0.1, 0.15) is 5.82 Å². The normalized spacial score (nSPS) is 11.4. The molecule has 5 nitrogen and oxygen atoms in total. The second-order valence-electron chi connectivity index (χ2n) is 6.42. The molecule has 30 heavy (non-hydrogen) atoms. The van der Waals surface area contributed by atoms with E-state index >= 15 is 0 Å². The maximum atomic E-state index is 13.9. The topological polar surface area (TPSA) is 64.6 Å². The van der Waals surface area contributed by atoms with Crippen molar-refractivity contribution in [1.82, 2.24) is 0 Å². The zero-order valence-electron chi connectivity index (χ0n) is 16.1. The van der Waals surface area contributed by atoms with Gasteiger partial charge in [-0.1, -0.05) is 36.4 Å². The first kappa shape index (κ1) is 21.0. The van der Waals surface area contributed by atoms with Gasteiger partial charge in [0.2, 0.25) is 6.10 Å². The lowest BCUT2D eigenvalue weighted by Gasteiger charge is -2.18. The zero-order valence-corrected chi connectivity index (χ0v) is 16.1. The molecule has 1 N–H and O–H groups in total. The summed E-state index contributed by atoms with van der Waals surface area (Å²) in [5, 5.41) is 2.60. The fourth-order valence-corrected chi connectivity index (χ4v) is 2.80. The standard InChI is InChI=1S/C23H19F2NO4/c1-29-20-12-7-15(13-19(20)25)14-21(27)30-22(16-5-3-2-4-6-16)23(28)26-18-10-8-17(24)9-11-18/h2-13,22H,14H2,1H3,(H,26,28). The highest BCUT2D eigenvalue weighted by Crippen LogP contribution is 2.22. The van der Waals surface area contributed by atoms with Crippen LogP contribution in [-0.4, -0.2) is 19.0 Å². The van der Waals surface area contributed by atoms with Gasteiger partial charge in [-0.25, -0.2) is 8.78 Å². The Labute approximate surface area is 172 Å². The van der Waals surface area contributed by atoms with Crippen LogP contribution >= 0.6 is 0 Å². The first-order chi connectivity index (χ1) is 14.5. The van der Waals surface area contributed by atoms with Crippen LogP contribution in [-0.2, 0) is 20.7 Å². The lowest BCUT2D eigenvalue weighted by Crippen LogP contribution is -2.26. The Morgan fingerprint density at radius 2 is 1.67 bits per heavy atom. The molecule has 0 aliphatic rings. The molecule has 3 aromatic rings. The molecule has 1 unspecified atom stereocenters. The molecular formula is C23H19F2NO4. The summed E-state index contributed by atoms with van der Waals surface area (Å²) in [4.78, 5) is 25.2. The highest BCUT2D eigenvalue weighted by molar-refractivity contribution is 5.96. The van der Waals surface area contributed by atoms with Gasteiger partial charge in [-0.05, 0) is 42.0 Å². The van der Waals surface area contributed by atoms with Crippen LogP contribution in [0.2, 0.25) is 0 Å². The van der Waals surface area contributed by atoms with Crippen LogP contribution in [0.4, 0.5) is 14.5 Å². The van der Waals surface area contributed by atoms with Gasteiger partial charge in [0.05, 0.1) is 13.5 Å². The molecule has 7 heteroatoms. The number of hydrogen-bond donors (Lipinski definition) is 1. The predicted octanol–water partition coefficient (Wildman–Crippen LogP) is 4.44. The summed E-state index contributed by atoms with van der Waals surface area (Å²) in [7, 11) is 1.34. The SMILES string of the molecule is COc1ccc(CC(=O)OC(C(=O)Nc2ccc(F)cc2)c2ccccc2)cc1F. The van der Waals surface area contributed by atoms with E-state index in [0.717, 1.165) is 0 Å². The van der Waals surface area contributed by atoms with Crippen molar-refractivity contribution in [2.75, 3.05) is 12.4 Å². The molecule has 0 aliphatic heterocycles. The summed E-state index contributed by atoms with van der Waals surface area (Å²) < 4.78 is 37.2. The Hall–Kier alpha value is -3.74. The molecule has 0 aliphatic carbocycles. The van der Waals surface area contributed by atoms with Crippen LogP contribution < -0.4 is 10.1 Å². The van der Waals surface area contributed by atoms with E-state index in [9.17, 15) is 18.4 Å². The summed E-state index contributed by atoms with van der Waals surface area (Å²) in [5.74, 6) is -2.28. The van der Waals surface area contributed by atoms with Crippen molar-refractivity contribution in [2.24, 2.45) is 0 Å². The van der Waals surface area contributed by atoms with Crippen LogP contribution in [0.15, 0.2) is 72.8 Å². The Bertz CT molecular complexity index is 1020. The van der Waals surface area contributed by atoms with E-state index in [1.54, 1.807) is 36.4 Å². The second-order valence-corrected chi connectivity index (χ2v) is 6.42. The quantitative estimate of drug-likeness (QED) is 0.584. The van der Waals surface area contributed by atoms with E-state index < -0.39 is 29.6 Å². The van der Waals surface area contributed by atoms with Crippen molar-refractivity contribution >= 4 is 17.6 Å². The number of amides is 1. The average Bonchev–Trinajstić information content (AvgIpc) is 2.74. The summed E-state index contributed by atoms with van der Waals surface area (Å²) >= 11 is 0. The Morgan fingerprint density at radius 3 is 2.30 bits per heavy atom. The van der Waals surface area contributed by atoms with Crippen LogP contribution in [0.1, 0.15) is 17.2 Å². The first-order valence-electron chi connectivity index (χ1n) is 9.09. The van der Waals surface area contributed by atoms with Crippen molar-refractivity contribution in [2.45, 2.75) is 12.5 Å². The Morgan fingerprint density at radius 1 is 0.967 bits per heavy atom. The minimum atomic E-state index is -1.23. The number of rotatable bonds is 7. The molecule has 0 saturated carbocycles. The van der Waals surface area contributed by atoms with Gasteiger partial charge in [0.25, 0.3) is 5.91 Å². The van der Waals surface area contributed by atoms with Gasteiger partial charge < -0.3 is 14.8 Å². The van der Waals surface area contributed by atoms with Crippen molar-refractivity contribution in [1.29, 1.82) is 0 Å². The largest absolute Gasteiger partial charge is 0.494 e. The third-order valence-electron chi connectivity index (χ3n) is 4.27. The molecule has 0 saturated heterocycles.